The number of hydrogen-bond acceptors (Lipinski definition) is 5. The van der Waals surface area contributed by atoms with Gasteiger partial charge in [-0.15, -0.1) is 0 Å². The molecular formula is C29H47ClFN3O4. The maximum atomic E-state index is 15.2. The second-order valence-electron chi connectivity index (χ2n) is 11.1. The van der Waals surface area contributed by atoms with Crippen LogP contribution in [0, 0.1) is 17.7 Å². The molecule has 1 aromatic rings. The van der Waals surface area contributed by atoms with Gasteiger partial charge in [-0.25, -0.2) is 9.18 Å². The number of urea groups is 1. The summed E-state index contributed by atoms with van der Waals surface area (Å²) in [7, 11) is 3.45. The Balaban J connectivity index is 1.74. The summed E-state index contributed by atoms with van der Waals surface area (Å²) in [6, 6.07) is 4.08. The highest BCUT2D eigenvalue weighted by Gasteiger charge is 2.43. The topological polar surface area (TPSA) is 94.1 Å². The second kappa shape index (κ2) is 15.4. The minimum atomic E-state index is -1.47. The van der Waals surface area contributed by atoms with Gasteiger partial charge < -0.3 is 30.5 Å². The summed E-state index contributed by atoms with van der Waals surface area (Å²) in [5.41, 5.74) is -1.28. The van der Waals surface area contributed by atoms with Crippen LogP contribution in [0.5, 0.6) is 0 Å². The second-order valence-corrected chi connectivity index (χ2v) is 11.5. The third-order valence-electron chi connectivity index (χ3n) is 8.49. The van der Waals surface area contributed by atoms with Gasteiger partial charge in [-0.05, 0) is 64.0 Å². The van der Waals surface area contributed by atoms with Crippen molar-refractivity contribution in [3.8, 4) is 0 Å². The number of benzene rings is 1. The van der Waals surface area contributed by atoms with E-state index in [1.54, 1.807) is 24.1 Å². The fourth-order valence-corrected chi connectivity index (χ4v) is 6.47. The standard InChI is InChI=1S/C29H47ClFN3O4/c1-32-19-25(27(35)21-11-5-3-4-6-12-21)33-28(36)34-17-10-13-22(20-34)29(37,16-7-8-18-38-2)23-14-9-15-24(30)26(23)31/h9,14-15,21-22,25,27,32,35,37H,3-8,10-13,16-20H2,1-2H3,(H,33,36)/t22-,25-,27-,29+/m1/s1. The lowest BCUT2D eigenvalue weighted by molar-refractivity contribution is -0.0590. The number of unbranched alkanes of at least 4 members (excludes halogenated alkanes) is 1. The highest BCUT2D eigenvalue weighted by atomic mass is 35.5. The van der Waals surface area contributed by atoms with Gasteiger partial charge in [0.2, 0.25) is 0 Å². The van der Waals surface area contributed by atoms with Gasteiger partial charge in [0.1, 0.15) is 5.82 Å². The van der Waals surface area contributed by atoms with E-state index < -0.39 is 23.6 Å². The number of nitrogens with zero attached hydrogens (tertiary/aromatic N) is 1. The summed E-state index contributed by atoms with van der Waals surface area (Å²) in [5.74, 6) is -0.786. The number of nitrogens with one attached hydrogen (secondary N) is 2. The van der Waals surface area contributed by atoms with Gasteiger partial charge in [0.15, 0.2) is 0 Å². The molecule has 7 nitrogen and oxygen atoms in total. The molecule has 1 saturated carbocycles. The number of hydrogen-bond donors (Lipinski definition) is 4. The number of carbonyl (C=O) groups is 1. The molecule has 4 N–H and O–H groups in total. The highest BCUT2D eigenvalue weighted by Crippen LogP contribution is 2.42. The molecule has 9 heteroatoms. The number of likely N-dealkylation sites (tertiary alicyclic amines) is 1. The molecule has 0 aromatic heterocycles. The van der Waals surface area contributed by atoms with Gasteiger partial charge in [-0.2, -0.15) is 0 Å². The van der Waals surface area contributed by atoms with Crippen LogP contribution in [0.3, 0.4) is 0 Å². The van der Waals surface area contributed by atoms with Crippen molar-refractivity contribution < 1.29 is 24.1 Å². The number of amides is 2. The minimum Gasteiger partial charge on any atom is -0.391 e. The summed E-state index contributed by atoms with van der Waals surface area (Å²) < 4.78 is 20.4. The molecule has 1 saturated heterocycles. The van der Waals surface area contributed by atoms with E-state index in [-0.39, 0.29) is 28.5 Å². The zero-order chi connectivity index (χ0) is 27.5. The average Bonchev–Trinajstić information content (AvgIpc) is 3.21. The van der Waals surface area contributed by atoms with Crippen molar-refractivity contribution in [3.05, 3.63) is 34.6 Å². The maximum absolute atomic E-state index is 15.2. The largest absolute Gasteiger partial charge is 0.391 e. The van der Waals surface area contributed by atoms with Gasteiger partial charge in [-0.3, -0.25) is 0 Å². The van der Waals surface area contributed by atoms with E-state index in [4.69, 9.17) is 16.3 Å². The van der Waals surface area contributed by atoms with Crippen LogP contribution in [0.2, 0.25) is 5.02 Å². The van der Waals surface area contributed by atoms with E-state index in [1.165, 1.54) is 18.9 Å². The summed E-state index contributed by atoms with van der Waals surface area (Å²) >= 11 is 6.10. The number of carbonyl (C=O) groups excluding carboxylic acids is 1. The molecule has 0 bridgehead atoms. The van der Waals surface area contributed by atoms with Crippen LogP contribution in [0.1, 0.15) is 76.2 Å². The molecule has 1 aliphatic carbocycles. The predicted octanol–water partition coefficient (Wildman–Crippen LogP) is 4.82. The molecule has 0 unspecified atom stereocenters. The Morgan fingerprint density at radius 2 is 1.95 bits per heavy atom. The molecule has 2 fully saturated rings. The number of aliphatic hydroxyl groups is 2. The van der Waals surface area contributed by atoms with E-state index in [9.17, 15) is 15.0 Å². The number of piperidine rings is 1. The summed E-state index contributed by atoms with van der Waals surface area (Å²) in [6.07, 6.45) is 9.04. The zero-order valence-electron chi connectivity index (χ0n) is 23.1. The minimum absolute atomic E-state index is 0.0226. The van der Waals surface area contributed by atoms with Crippen LogP contribution in [0.15, 0.2) is 18.2 Å². The lowest BCUT2D eigenvalue weighted by atomic mass is 9.74. The third kappa shape index (κ3) is 8.04. The number of aliphatic hydroxyl groups excluding tert-OH is 1. The number of halogens is 2. The van der Waals surface area contributed by atoms with Crippen molar-refractivity contribution >= 4 is 17.6 Å². The van der Waals surface area contributed by atoms with Crippen molar-refractivity contribution in [2.75, 3.05) is 40.4 Å². The quantitative estimate of drug-likeness (QED) is 0.219. The first kappa shape index (κ1) is 31.1. The van der Waals surface area contributed by atoms with Crippen molar-refractivity contribution in [3.63, 3.8) is 0 Å². The first-order valence-corrected chi connectivity index (χ1v) is 14.7. The predicted molar refractivity (Wildman–Crippen MR) is 149 cm³/mol. The van der Waals surface area contributed by atoms with Gasteiger partial charge in [0.05, 0.1) is 22.8 Å². The fourth-order valence-electron chi connectivity index (χ4n) is 6.30. The van der Waals surface area contributed by atoms with E-state index in [2.05, 4.69) is 10.6 Å². The van der Waals surface area contributed by atoms with E-state index in [1.807, 2.05) is 7.05 Å². The zero-order valence-corrected chi connectivity index (χ0v) is 23.8. The molecular weight excluding hydrogens is 509 g/mol. The smallest absolute Gasteiger partial charge is 0.317 e. The number of rotatable bonds is 12. The van der Waals surface area contributed by atoms with E-state index in [0.717, 1.165) is 32.1 Å². The normalized spacial score (nSPS) is 22.4. The number of likely N-dealkylation sites (N-methyl/N-ethyl adjacent to an activating group) is 1. The van der Waals surface area contributed by atoms with Crippen LogP contribution in [-0.2, 0) is 10.3 Å². The van der Waals surface area contributed by atoms with Crippen LogP contribution in [0.25, 0.3) is 0 Å². The fraction of sp³-hybridized carbons (Fsp3) is 0.759. The average molecular weight is 556 g/mol. The first-order chi connectivity index (χ1) is 18.3. The van der Waals surface area contributed by atoms with Crippen LogP contribution < -0.4 is 10.6 Å². The molecule has 2 aliphatic rings. The van der Waals surface area contributed by atoms with E-state index in [0.29, 0.717) is 51.9 Å². The van der Waals surface area contributed by atoms with Crippen LogP contribution in [-0.4, -0.2) is 73.7 Å². The Labute approximate surface area is 232 Å². The Kier molecular flexibility index (Phi) is 12.6. The Hall–Kier alpha value is -1.45. The van der Waals surface area contributed by atoms with Crippen molar-refractivity contribution in [2.45, 2.75) is 88.4 Å². The summed E-state index contributed by atoms with van der Waals surface area (Å²) in [4.78, 5) is 15.2. The molecule has 0 radical (unpaired) electrons. The summed E-state index contributed by atoms with van der Waals surface area (Å²) in [5, 5.41) is 29.4. The van der Waals surface area contributed by atoms with Gasteiger partial charge >= 0.3 is 6.03 Å². The third-order valence-corrected chi connectivity index (χ3v) is 8.78. The van der Waals surface area contributed by atoms with Gasteiger partial charge in [0, 0.05) is 44.8 Å². The maximum Gasteiger partial charge on any atom is 0.317 e. The molecule has 0 spiro atoms. The Bertz CT molecular complexity index is 870. The van der Waals surface area contributed by atoms with Crippen molar-refractivity contribution in [1.29, 1.82) is 0 Å². The molecule has 1 aromatic carbocycles. The van der Waals surface area contributed by atoms with E-state index >= 15 is 4.39 Å². The number of ether oxygens (including phenoxy) is 1. The molecule has 2 amide bonds. The van der Waals surface area contributed by atoms with Crippen molar-refractivity contribution in [1.82, 2.24) is 15.5 Å². The number of methoxy groups -OCH3 is 1. The molecule has 38 heavy (non-hydrogen) atoms. The molecule has 1 heterocycles. The molecule has 3 rings (SSSR count). The van der Waals surface area contributed by atoms with Crippen LogP contribution in [0.4, 0.5) is 9.18 Å². The van der Waals surface area contributed by atoms with Gasteiger partial charge in [0.25, 0.3) is 0 Å². The highest BCUT2D eigenvalue weighted by molar-refractivity contribution is 6.30. The lowest BCUT2D eigenvalue weighted by Gasteiger charge is -2.43. The molecule has 216 valence electrons. The monoisotopic (exact) mass is 555 g/mol. The lowest BCUT2D eigenvalue weighted by Crippen LogP contribution is -2.57. The SMILES string of the molecule is CNC[C@@H](NC(=O)N1CCC[C@@H]([C@@](O)(CCCCOC)c2cccc(Cl)c2F)C1)[C@H](O)C1CCCCCC1. The Morgan fingerprint density at radius 1 is 1.21 bits per heavy atom. The first-order valence-electron chi connectivity index (χ1n) is 14.4. The van der Waals surface area contributed by atoms with Crippen LogP contribution >= 0.6 is 11.6 Å². The Morgan fingerprint density at radius 3 is 2.63 bits per heavy atom. The molecule has 4 atom stereocenters. The van der Waals surface area contributed by atoms with Gasteiger partial charge in [-0.1, -0.05) is 49.4 Å². The molecule has 1 aliphatic heterocycles. The van der Waals surface area contributed by atoms with Crippen molar-refractivity contribution in [2.24, 2.45) is 11.8 Å². The summed E-state index contributed by atoms with van der Waals surface area (Å²) in [6.45, 7) is 1.87.